The van der Waals surface area contributed by atoms with Gasteiger partial charge in [-0.05, 0) is 71.7 Å². The van der Waals surface area contributed by atoms with Crippen molar-refractivity contribution in [3.8, 4) is 5.69 Å². The molecule has 2 aromatic carbocycles. The summed E-state index contributed by atoms with van der Waals surface area (Å²) in [5, 5.41) is 6.41. The monoisotopic (exact) mass is 452 g/mol. The minimum atomic E-state index is -4.40. The Labute approximate surface area is 184 Å². The summed E-state index contributed by atoms with van der Waals surface area (Å²) in [7, 11) is 0. The van der Waals surface area contributed by atoms with Gasteiger partial charge in [0.25, 0.3) is 5.91 Å². The van der Waals surface area contributed by atoms with Gasteiger partial charge in [0.2, 0.25) is 0 Å². The molecule has 0 saturated carbocycles. The molecule has 0 fully saturated rings. The van der Waals surface area contributed by atoms with E-state index >= 15 is 0 Å². The molecule has 3 aromatic heterocycles. The average molecular weight is 452 g/mol. The van der Waals surface area contributed by atoms with Crippen LogP contribution in [0.15, 0.2) is 72.4 Å². The minimum absolute atomic E-state index is 0.220. The number of aromatic nitrogens is 3. The van der Waals surface area contributed by atoms with Crippen LogP contribution < -0.4 is 5.32 Å². The highest BCUT2D eigenvalue weighted by molar-refractivity contribution is 7.05. The van der Waals surface area contributed by atoms with Crippen molar-refractivity contribution in [3.05, 3.63) is 89.1 Å². The van der Waals surface area contributed by atoms with Gasteiger partial charge in [-0.25, -0.2) is 0 Å². The number of benzene rings is 2. The van der Waals surface area contributed by atoms with Crippen molar-refractivity contribution < 1.29 is 18.0 Å². The number of fused-ring (bicyclic) bond motifs is 3. The number of alkyl halides is 3. The molecule has 0 spiro atoms. The molecule has 0 bridgehead atoms. The van der Waals surface area contributed by atoms with Gasteiger partial charge in [-0.2, -0.15) is 17.5 Å². The number of amides is 1. The summed E-state index contributed by atoms with van der Waals surface area (Å²) in [6.07, 6.45) is -1.07. The van der Waals surface area contributed by atoms with Gasteiger partial charge >= 0.3 is 6.18 Å². The third-order valence-corrected chi connectivity index (χ3v) is 5.83. The van der Waals surface area contributed by atoms with Crippen molar-refractivity contribution in [2.24, 2.45) is 0 Å². The topological polar surface area (TPSA) is 59.8 Å². The number of hydrogen-bond acceptors (Lipinski definition) is 4. The number of pyridine rings is 1. The van der Waals surface area contributed by atoms with Gasteiger partial charge in [-0.1, -0.05) is 0 Å². The van der Waals surface area contributed by atoms with Crippen LogP contribution >= 0.6 is 11.5 Å². The van der Waals surface area contributed by atoms with Crippen LogP contribution in [-0.2, 0) is 12.7 Å². The number of halogens is 3. The van der Waals surface area contributed by atoms with E-state index in [1.165, 1.54) is 23.7 Å². The minimum Gasteiger partial charge on any atom is -0.348 e. The molecule has 0 unspecified atom stereocenters. The van der Waals surface area contributed by atoms with Crippen LogP contribution in [0.5, 0.6) is 0 Å². The second-order valence-corrected chi connectivity index (χ2v) is 7.83. The molecule has 0 atom stereocenters. The first kappa shape index (κ1) is 20.2. The first-order chi connectivity index (χ1) is 15.4. The lowest BCUT2D eigenvalue weighted by molar-refractivity contribution is -0.137. The van der Waals surface area contributed by atoms with E-state index in [0.717, 1.165) is 34.0 Å². The maximum atomic E-state index is 13.0. The lowest BCUT2D eigenvalue weighted by atomic mass is 10.1. The zero-order valence-corrected chi connectivity index (χ0v) is 17.2. The molecule has 5 nitrogen and oxygen atoms in total. The summed E-state index contributed by atoms with van der Waals surface area (Å²) in [4.78, 5) is 16.6. The molecule has 3 heterocycles. The van der Waals surface area contributed by atoms with Crippen LogP contribution in [0.2, 0.25) is 0 Å². The summed E-state index contributed by atoms with van der Waals surface area (Å²) in [5.74, 6) is -0.220. The predicted octanol–water partition coefficient (Wildman–Crippen LogP) is 5.58. The summed E-state index contributed by atoms with van der Waals surface area (Å²) in [6, 6.07) is 13.9. The quantitative estimate of drug-likeness (QED) is 0.387. The first-order valence-corrected chi connectivity index (χ1v) is 10.5. The SMILES string of the molecule is O=C(NCc1ccncc1)c1ccc2c(c1)c1csnc1n2-c1ccc(C(F)(F)F)cc1. The third-order valence-electron chi connectivity index (χ3n) is 5.21. The van der Waals surface area contributed by atoms with Crippen LogP contribution in [-0.4, -0.2) is 19.8 Å². The molecule has 0 saturated heterocycles. The Bertz CT molecular complexity index is 1420. The number of hydrogen-bond donors (Lipinski definition) is 1. The van der Waals surface area contributed by atoms with Crippen LogP contribution in [0.3, 0.4) is 0 Å². The number of carbonyl (C=O) groups excluding carboxylic acids is 1. The lowest BCUT2D eigenvalue weighted by Crippen LogP contribution is -2.22. The molecule has 9 heteroatoms. The molecular formula is C23H15F3N4OS. The fraction of sp³-hybridized carbons (Fsp3) is 0.0870. The molecule has 0 radical (unpaired) electrons. The highest BCUT2D eigenvalue weighted by atomic mass is 32.1. The van der Waals surface area contributed by atoms with Gasteiger partial charge < -0.3 is 5.32 Å². The lowest BCUT2D eigenvalue weighted by Gasteiger charge is -2.10. The molecular weight excluding hydrogens is 437 g/mol. The Morgan fingerprint density at radius 1 is 1.00 bits per heavy atom. The number of carbonyl (C=O) groups is 1. The molecule has 160 valence electrons. The molecule has 1 N–H and O–H groups in total. The maximum absolute atomic E-state index is 13.0. The van der Waals surface area contributed by atoms with Crippen molar-refractivity contribution in [2.75, 3.05) is 0 Å². The standard InChI is InChI=1S/C23H15F3N4OS/c24-23(25,26)16-2-4-17(5-3-16)30-20-6-1-15(11-18(20)19-13-32-29-21(19)30)22(31)28-12-14-7-9-27-10-8-14/h1-11,13H,12H2,(H,28,31). The van der Waals surface area contributed by atoms with E-state index < -0.39 is 11.7 Å². The van der Waals surface area contributed by atoms with Gasteiger partial charge in [0.1, 0.15) is 0 Å². The largest absolute Gasteiger partial charge is 0.416 e. The summed E-state index contributed by atoms with van der Waals surface area (Å²) in [5.41, 5.74) is 2.69. The Morgan fingerprint density at radius 2 is 1.75 bits per heavy atom. The number of rotatable bonds is 4. The molecule has 0 aliphatic carbocycles. The first-order valence-electron chi connectivity index (χ1n) is 9.65. The van der Waals surface area contributed by atoms with Gasteiger partial charge in [0.05, 0.1) is 11.1 Å². The van der Waals surface area contributed by atoms with Crippen LogP contribution in [0.25, 0.3) is 27.6 Å². The molecule has 5 aromatic rings. The summed E-state index contributed by atoms with van der Waals surface area (Å²) < 4.78 is 45.1. The Balaban J connectivity index is 1.52. The van der Waals surface area contributed by atoms with E-state index in [1.807, 2.05) is 17.5 Å². The third kappa shape index (κ3) is 3.60. The highest BCUT2D eigenvalue weighted by Gasteiger charge is 2.30. The Hall–Kier alpha value is -3.72. The van der Waals surface area contributed by atoms with Crippen LogP contribution in [0, 0.1) is 0 Å². The van der Waals surface area contributed by atoms with E-state index in [2.05, 4.69) is 14.7 Å². The Kier molecular flexibility index (Phi) is 4.90. The molecule has 5 rings (SSSR count). The molecule has 1 amide bonds. The summed E-state index contributed by atoms with van der Waals surface area (Å²) >= 11 is 1.26. The maximum Gasteiger partial charge on any atom is 0.416 e. The molecule has 0 aliphatic heterocycles. The van der Waals surface area contributed by atoms with Gasteiger partial charge in [0, 0.05) is 46.3 Å². The number of nitrogens with one attached hydrogen (secondary N) is 1. The molecule has 0 aliphatic rings. The van der Waals surface area contributed by atoms with Crippen molar-refractivity contribution in [3.63, 3.8) is 0 Å². The van der Waals surface area contributed by atoms with E-state index in [9.17, 15) is 18.0 Å². The van der Waals surface area contributed by atoms with Crippen LogP contribution in [0.4, 0.5) is 13.2 Å². The van der Waals surface area contributed by atoms with Crippen molar-refractivity contribution in [1.82, 2.24) is 19.2 Å². The Morgan fingerprint density at radius 3 is 2.47 bits per heavy atom. The molecule has 32 heavy (non-hydrogen) atoms. The normalized spacial score (nSPS) is 11.8. The van der Waals surface area contributed by atoms with E-state index in [0.29, 0.717) is 23.4 Å². The highest BCUT2D eigenvalue weighted by Crippen LogP contribution is 2.35. The predicted molar refractivity (Wildman–Crippen MR) is 117 cm³/mol. The van der Waals surface area contributed by atoms with E-state index in [-0.39, 0.29) is 5.91 Å². The van der Waals surface area contributed by atoms with Crippen molar-refractivity contribution >= 4 is 39.4 Å². The second-order valence-electron chi connectivity index (χ2n) is 7.20. The fourth-order valence-corrected chi connectivity index (χ4v) is 4.29. The van der Waals surface area contributed by atoms with E-state index in [1.54, 1.807) is 35.2 Å². The number of nitrogens with zero attached hydrogens (tertiary/aromatic N) is 3. The van der Waals surface area contributed by atoms with Gasteiger partial charge in [-0.15, -0.1) is 0 Å². The summed E-state index contributed by atoms with van der Waals surface area (Å²) in [6.45, 7) is 0.376. The van der Waals surface area contributed by atoms with Crippen LogP contribution in [0.1, 0.15) is 21.5 Å². The van der Waals surface area contributed by atoms with Gasteiger partial charge in [-0.3, -0.25) is 14.3 Å². The smallest absolute Gasteiger partial charge is 0.348 e. The fourth-order valence-electron chi connectivity index (χ4n) is 3.62. The zero-order chi connectivity index (χ0) is 22.3. The average Bonchev–Trinajstić information content (AvgIpc) is 3.38. The zero-order valence-electron chi connectivity index (χ0n) is 16.4. The van der Waals surface area contributed by atoms with E-state index in [4.69, 9.17) is 0 Å². The van der Waals surface area contributed by atoms with Crippen molar-refractivity contribution in [1.29, 1.82) is 0 Å². The van der Waals surface area contributed by atoms with Gasteiger partial charge in [0.15, 0.2) is 5.65 Å². The second kappa shape index (κ2) is 7.76. The van der Waals surface area contributed by atoms with Crippen molar-refractivity contribution in [2.45, 2.75) is 12.7 Å².